The summed E-state index contributed by atoms with van der Waals surface area (Å²) in [6, 6.07) is 8.46. The molecule has 0 bridgehead atoms. The summed E-state index contributed by atoms with van der Waals surface area (Å²) in [5.74, 6) is -0.1000. The number of H-pyrrole nitrogens is 1. The van der Waals surface area contributed by atoms with E-state index in [-0.39, 0.29) is 52.4 Å². The molecule has 2 heterocycles. The van der Waals surface area contributed by atoms with E-state index < -0.39 is 8.32 Å². The average molecular weight is 578 g/mol. The van der Waals surface area contributed by atoms with Crippen LogP contribution in [0.1, 0.15) is 72.1 Å². The number of allylic oxidation sites excluding steroid dienone is 2. The van der Waals surface area contributed by atoms with Gasteiger partial charge in [0.05, 0.1) is 5.57 Å². The van der Waals surface area contributed by atoms with E-state index in [2.05, 4.69) is 89.6 Å². The Morgan fingerprint density at radius 1 is 1.24 bits per heavy atom. The number of benzene rings is 1. The molecule has 41 heavy (non-hydrogen) atoms. The summed E-state index contributed by atoms with van der Waals surface area (Å²) < 4.78 is 18.0. The molecule has 1 saturated heterocycles. The molecule has 3 aliphatic rings. The molecule has 1 aromatic carbocycles. The fourth-order valence-electron chi connectivity index (χ4n) is 7.67. The van der Waals surface area contributed by atoms with Gasteiger partial charge in [-0.05, 0) is 72.7 Å². The standard InChI is InChI=1S/C34H47NO5Si/c1-21-14-17-29-33(6,26(21)16-15-24-28(19-38-31(24)37)40-41(8,9)32(3,4)5)18-25-23-12-10-11-13-27(23)35-30(25)34(29,7)20-39-22(2)36/h10-13,15,26,28-29,35H,1,14,16-20H2,2-9H3/b24-15+/t26-,28-,29+,33+,34+/m1/s1. The van der Waals surface area contributed by atoms with Crippen molar-refractivity contribution in [2.45, 2.75) is 96.9 Å². The third-order valence-electron chi connectivity index (χ3n) is 10.9. The predicted octanol–water partition coefficient (Wildman–Crippen LogP) is 7.40. The van der Waals surface area contributed by atoms with E-state index in [1.54, 1.807) is 0 Å². The van der Waals surface area contributed by atoms with Gasteiger partial charge in [0.25, 0.3) is 0 Å². The first-order valence-electron chi connectivity index (χ1n) is 15.0. The van der Waals surface area contributed by atoms with Crippen molar-refractivity contribution in [2.24, 2.45) is 17.3 Å². The average Bonchev–Trinajstić information content (AvgIpc) is 3.42. The minimum atomic E-state index is -2.10. The lowest BCUT2D eigenvalue weighted by molar-refractivity contribution is -0.145. The fraction of sp³-hybridized carbons (Fsp3) is 0.588. The summed E-state index contributed by atoms with van der Waals surface area (Å²) in [6.45, 7) is 22.4. The molecule has 2 aromatic rings. The molecule has 1 aromatic heterocycles. The second kappa shape index (κ2) is 10.3. The maximum absolute atomic E-state index is 12.9. The maximum Gasteiger partial charge on any atom is 0.336 e. The minimum Gasteiger partial charge on any atom is -0.465 e. The number of esters is 2. The lowest BCUT2D eigenvalue weighted by Crippen LogP contribution is -2.55. The Hall–Kier alpha value is -2.64. The molecule has 0 amide bonds. The van der Waals surface area contributed by atoms with Gasteiger partial charge in [0.1, 0.15) is 19.3 Å². The number of hydrogen-bond donors (Lipinski definition) is 1. The molecular weight excluding hydrogens is 530 g/mol. The van der Waals surface area contributed by atoms with Gasteiger partial charge in [-0.2, -0.15) is 0 Å². The van der Waals surface area contributed by atoms with Crippen molar-refractivity contribution in [1.82, 2.24) is 4.98 Å². The second-order valence-corrected chi connectivity index (χ2v) is 19.3. The predicted molar refractivity (Wildman–Crippen MR) is 165 cm³/mol. The first kappa shape index (κ1) is 29.8. The van der Waals surface area contributed by atoms with Crippen LogP contribution < -0.4 is 0 Å². The maximum atomic E-state index is 12.9. The number of rotatable bonds is 6. The van der Waals surface area contributed by atoms with Crippen molar-refractivity contribution in [1.29, 1.82) is 0 Å². The number of aromatic amines is 1. The smallest absolute Gasteiger partial charge is 0.336 e. The number of hydrogen-bond acceptors (Lipinski definition) is 5. The summed E-state index contributed by atoms with van der Waals surface area (Å²) in [5, 5.41) is 1.26. The van der Waals surface area contributed by atoms with Crippen molar-refractivity contribution < 1.29 is 23.5 Å². The minimum absolute atomic E-state index is 0.0354. The van der Waals surface area contributed by atoms with Gasteiger partial charge in [0.15, 0.2) is 8.32 Å². The Balaban J connectivity index is 1.53. The Kier molecular flexibility index (Phi) is 7.47. The van der Waals surface area contributed by atoms with Crippen molar-refractivity contribution in [2.75, 3.05) is 13.2 Å². The van der Waals surface area contributed by atoms with E-state index in [0.29, 0.717) is 18.6 Å². The molecule has 222 valence electrons. The van der Waals surface area contributed by atoms with Crippen LogP contribution in [0, 0.1) is 17.3 Å². The summed E-state index contributed by atoms with van der Waals surface area (Å²) in [5.41, 5.74) is 4.98. The molecule has 7 heteroatoms. The van der Waals surface area contributed by atoms with E-state index >= 15 is 0 Å². The van der Waals surface area contributed by atoms with Crippen LogP contribution in [0.5, 0.6) is 0 Å². The highest BCUT2D eigenvalue weighted by Crippen LogP contribution is 2.61. The molecule has 0 radical (unpaired) electrons. The molecule has 5 rings (SSSR count). The lowest BCUT2D eigenvalue weighted by Gasteiger charge is -2.58. The zero-order chi connectivity index (χ0) is 30.0. The third-order valence-corrected chi connectivity index (χ3v) is 15.4. The highest BCUT2D eigenvalue weighted by atomic mass is 28.4. The third kappa shape index (κ3) is 5.03. The van der Waals surface area contributed by atoms with Gasteiger partial charge in [-0.25, -0.2) is 4.79 Å². The number of carbonyl (C=O) groups excluding carboxylic acids is 2. The zero-order valence-corrected chi connectivity index (χ0v) is 27.1. The highest BCUT2D eigenvalue weighted by Gasteiger charge is 2.58. The van der Waals surface area contributed by atoms with Gasteiger partial charge in [-0.3, -0.25) is 4.79 Å². The molecular formula is C34H47NO5Si. The molecule has 1 N–H and O–H groups in total. The van der Waals surface area contributed by atoms with E-state index in [9.17, 15) is 9.59 Å². The molecule has 0 spiro atoms. The number of aromatic nitrogens is 1. The van der Waals surface area contributed by atoms with Gasteiger partial charge >= 0.3 is 11.9 Å². The van der Waals surface area contributed by atoms with E-state index in [1.165, 1.54) is 29.1 Å². The number of nitrogens with one attached hydrogen (secondary N) is 1. The molecule has 2 aliphatic carbocycles. The quantitative estimate of drug-likeness (QED) is 0.168. The normalized spacial score (nSPS) is 31.2. The number of para-hydroxylation sites is 1. The Labute approximate surface area is 246 Å². The Bertz CT molecular complexity index is 1410. The summed E-state index contributed by atoms with van der Waals surface area (Å²) >= 11 is 0. The van der Waals surface area contributed by atoms with Crippen LogP contribution in [0.15, 0.2) is 48.1 Å². The summed E-state index contributed by atoms with van der Waals surface area (Å²) in [4.78, 5) is 28.7. The molecule has 0 unspecified atom stereocenters. The van der Waals surface area contributed by atoms with Crippen molar-refractivity contribution in [3.63, 3.8) is 0 Å². The van der Waals surface area contributed by atoms with Gasteiger partial charge in [0.2, 0.25) is 0 Å². The van der Waals surface area contributed by atoms with Crippen molar-refractivity contribution in [3.8, 4) is 0 Å². The zero-order valence-electron chi connectivity index (χ0n) is 26.1. The van der Waals surface area contributed by atoms with Crippen molar-refractivity contribution in [3.05, 3.63) is 59.3 Å². The van der Waals surface area contributed by atoms with Crippen LogP contribution in [0.3, 0.4) is 0 Å². The Morgan fingerprint density at radius 2 is 1.95 bits per heavy atom. The van der Waals surface area contributed by atoms with Crippen LogP contribution in [-0.4, -0.2) is 44.6 Å². The van der Waals surface area contributed by atoms with Crippen LogP contribution in [-0.2, 0) is 35.3 Å². The van der Waals surface area contributed by atoms with Gasteiger partial charge in [-0.1, -0.05) is 71.0 Å². The molecule has 1 saturated carbocycles. The summed E-state index contributed by atoms with van der Waals surface area (Å²) in [6.07, 6.45) is 5.25. The first-order valence-corrected chi connectivity index (χ1v) is 18.0. The van der Waals surface area contributed by atoms with Crippen LogP contribution in [0.25, 0.3) is 10.9 Å². The molecule has 5 atom stereocenters. The monoisotopic (exact) mass is 577 g/mol. The topological polar surface area (TPSA) is 77.6 Å². The number of fused-ring (bicyclic) bond motifs is 4. The van der Waals surface area contributed by atoms with Crippen molar-refractivity contribution >= 4 is 31.2 Å². The van der Waals surface area contributed by atoms with E-state index in [0.717, 1.165) is 24.8 Å². The number of ether oxygens (including phenoxy) is 2. The SMILES string of the molecule is C=C1CC[C@H]2[C@@](C)(Cc3c([nH]c4ccccc34)[C@@]2(C)COC(C)=O)[C@@H]1C/C=C1/C(=O)OC[C@H]1O[Si](C)(C)C(C)(C)C. The van der Waals surface area contributed by atoms with Gasteiger partial charge in [0, 0.05) is 28.9 Å². The van der Waals surface area contributed by atoms with Gasteiger partial charge in [-0.15, -0.1) is 0 Å². The molecule has 6 nitrogen and oxygen atoms in total. The largest absolute Gasteiger partial charge is 0.465 e. The number of carbonyl (C=O) groups is 2. The number of cyclic esters (lactones) is 1. The fourth-order valence-corrected chi connectivity index (χ4v) is 8.93. The molecule has 2 fully saturated rings. The van der Waals surface area contributed by atoms with E-state index in [1.807, 2.05) is 0 Å². The van der Waals surface area contributed by atoms with Gasteiger partial charge < -0.3 is 18.9 Å². The van der Waals surface area contributed by atoms with Crippen LogP contribution >= 0.6 is 0 Å². The second-order valence-electron chi connectivity index (χ2n) is 14.6. The van der Waals surface area contributed by atoms with E-state index in [4.69, 9.17) is 13.9 Å². The lowest BCUT2D eigenvalue weighted by atomic mass is 9.46. The summed E-state index contributed by atoms with van der Waals surface area (Å²) in [7, 11) is -2.10. The Morgan fingerprint density at radius 3 is 2.63 bits per heavy atom. The van der Waals surface area contributed by atoms with Crippen LogP contribution in [0.4, 0.5) is 0 Å². The van der Waals surface area contributed by atoms with Crippen LogP contribution in [0.2, 0.25) is 18.1 Å². The highest BCUT2D eigenvalue weighted by molar-refractivity contribution is 6.74. The first-order chi connectivity index (χ1) is 19.1. The molecule has 1 aliphatic heterocycles.